The molecule has 1 heterocycles. The number of hydrogen-bond acceptors (Lipinski definition) is 4. The van der Waals surface area contributed by atoms with E-state index in [1.54, 1.807) is 28.7 Å². The summed E-state index contributed by atoms with van der Waals surface area (Å²) in [5.41, 5.74) is -0.991. The van der Waals surface area contributed by atoms with Gasteiger partial charge in [-0.2, -0.15) is 5.26 Å². The molecule has 0 saturated heterocycles. The lowest BCUT2D eigenvalue weighted by atomic mass is 10.1. The molecule has 4 nitrogen and oxygen atoms in total. The molecule has 0 aliphatic heterocycles. The summed E-state index contributed by atoms with van der Waals surface area (Å²) in [7, 11) is 1.07. The van der Waals surface area contributed by atoms with Crippen molar-refractivity contribution < 1.29 is 18.3 Å². The minimum Gasteiger partial charge on any atom is -0.465 e. The molecule has 0 amide bonds. The van der Waals surface area contributed by atoms with Crippen LogP contribution in [-0.2, 0) is 4.74 Å². The van der Waals surface area contributed by atoms with E-state index in [1.165, 1.54) is 0 Å². The number of ether oxygens (including phenoxy) is 1. The molecule has 0 atom stereocenters. The van der Waals surface area contributed by atoms with Crippen molar-refractivity contribution in [3.05, 3.63) is 26.6 Å². The lowest BCUT2D eigenvalue weighted by molar-refractivity contribution is 0.0587. The zero-order valence-corrected chi connectivity index (χ0v) is 10.2. The van der Waals surface area contributed by atoms with E-state index in [4.69, 9.17) is 5.26 Å². The van der Waals surface area contributed by atoms with Crippen molar-refractivity contribution in [1.82, 2.24) is 4.98 Å². The van der Waals surface area contributed by atoms with Crippen molar-refractivity contribution in [2.24, 2.45) is 0 Å². The van der Waals surface area contributed by atoms with E-state index >= 15 is 0 Å². The highest BCUT2D eigenvalue weighted by atomic mass is 127. The molecule has 0 aliphatic carbocycles. The first-order valence-electron chi connectivity index (χ1n) is 3.98. The van der Waals surface area contributed by atoms with Gasteiger partial charge in [0.25, 0.3) is 6.43 Å². The molecule has 1 aromatic rings. The van der Waals surface area contributed by atoms with Crippen LogP contribution in [-0.4, -0.2) is 18.1 Å². The van der Waals surface area contributed by atoms with Crippen molar-refractivity contribution in [1.29, 1.82) is 5.26 Å². The molecule has 0 N–H and O–H groups in total. The number of carbonyl (C=O) groups excluding carboxylic acids is 1. The van der Waals surface area contributed by atoms with Crippen LogP contribution in [0.1, 0.15) is 28.0 Å². The average molecular weight is 338 g/mol. The first-order chi connectivity index (χ1) is 7.51. The number of nitriles is 1. The van der Waals surface area contributed by atoms with Crippen LogP contribution in [0.2, 0.25) is 0 Å². The lowest BCUT2D eigenvalue weighted by Crippen LogP contribution is -2.10. The van der Waals surface area contributed by atoms with Gasteiger partial charge < -0.3 is 4.74 Å². The molecule has 7 heteroatoms. The molecule has 0 bridgehead atoms. The fourth-order valence-electron chi connectivity index (χ4n) is 1.02. The normalized spacial score (nSPS) is 10.0. The Balaban J connectivity index is 3.44. The van der Waals surface area contributed by atoms with Gasteiger partial charge in [0.05, 0.1) is 18.2 Å². The highest BCUT2D eigenvalue weighted by Gasteiger charge is 2.23. The van der Waals surface area contributed by atoms with Gasteiger partial charge in [0, 0.05) is 0 Å². The number of aromatic nitrogens is 1. The third-order valence-corrected chi connectivity index (χ3v) is 2.56. The SMILES string of the molecule is COC(=O)c1cc(C#N)c(I)nc1C(F)F. The number of nitrogens with zero attached hydrogens (tertiary/aromatic N) is 2. The second-order valence-electron chi connectivity index (χ2n) is 2.66. The standard InChI is InChI=1S/C9H5F2IN2O2/c1-16-9(15)5-2-4(3-13)8(12)14-6(5)7(10)11/h2,7H,1H3. The topological polar surface area (TPSA) is 63.0 Å². The highest BCUT2D eigenvalue weighted by molar-refractivity contribution is 14.1. The van der Waals surface area contributed by atoms with Crippen LogP contribution in [0.25, 0.3) is 0 Å². The molecule has 1 rings (SSSR count). The Hall–Kier alpha value is -1.30. The van der Waals surface area contributed by atoms with E-state index in [0.717, 1.165) is 13.2 Å². The van der Waals surface area contributed by atoms with Crippen LogP contribution in [0.3, 0.4) is 0 Å². The average Bonchev–Trinajstić information content (AvgIpc) is 2.27. The van der Waals surface area contributed by atoms with Crippen LogP contribution < -0.4 is 0 Å². The van der Waals surface area contributed by atoms with Gasteiger partial charge >= 0.3 is 5.97 Å². The third-order valence-electron chi connectivity index (χ3n) is 1.74. The first kappa shape index (κ1) is 12.8. The Morgan fingerprint density at radius 3 is 2.75 bits per heavy atom. The van der Waals surface area contributed by atoms with Gasteiger partial charge in [-0.15, -0.1) is 0 Å². The van der Waals surface area contributed by atoms with Gasteiger partial charge in [0.15, 0.2) is 0 Å². The van der Waals surface area contributed by atoms with E-state index in [0.29, 0.717) is 0 Å². The van der Waals surface area contributed by atoms with Crippen LogP contribution in [0.5, 0.6) is 0 Å². The van der Waals surface area contributed by atoms with Crippen molar-refractivity contribution in [3.63, 3.8) is 0 Å². The Bertz CT molecular complexity index is 471. The molecule has 84 valence electrons. The molecule has 0 fully saturated rings. The molecule has 0 saturated carbocycles. The summed E-state index contributed by atoms with van der Waals surface area (Å²) in [5.74, 6) is -0.935. The maximum Gasteiger partial charge on any atom is 0.339 e. The number of hydrogen-bond donors (Lipinski definition) is 0. The molecule has 0 unspecified atom stereocenters. The van der Waals surface area contributed by atoms with Gasteiger partial charge in [0.2, 0.25) is 0 Å². The van der Waals surface area contributed by atoms with Gasteiger partial charge in [-0.05, 0) is 28.7 Å². The fourth-order valence-corrected chi connectivity index (χ4v) is 1.56. The minimum atomic E-state index is -2.89. The van der Waals surface area contributed by atoms with Crippen LogP contribution in [0.15, 0.2) is 6.07 Å². The van der Waals surface area contributed by atoms with E-state index in [2.05, 4.69) is 9.72 Å². The van der Waals surface area contributed by atoms with E-state index in [1.807, 2.05) is 0 Å². The molecule has 0 spiro atoms. The summed E-state index contributed by atoms with van der Waals surface area (Å²) in [5, 5.41) is 8.69. The summed E-state index contributed by atoms with van der Waals surface area (Å²) in [4.78, 5) is 14.7. The second kappa shape index (κ2) is 5.16. The number of pyridine rings is 1. The molecule has 0 aliphatic rings. The zero-order valence-electron chi connectivity index (χ0n) is 8.00. The van der Waals surface area contributed by atoms with Gasteiger partial charge in [-0.3, -0.25) is 0 Å². The summed E-state index contributed by atoms with van der Waals surface area (Å²) < 4.78 is 29.6. The van der Waals surface area contributed by atoms with Gasteiger partial charge in [-0.25, -0.2) is 18.6 Å². The Morgan fingerprint density at radius 2 is 2.31 bits per heavy atom. The minimum absolute atomic E-state index is 0.0606. The number of halogens is 3. The number of alkyl halides is 2. The number of esters is 1. The van der Waals surface area contributed by atoms with E-state index < -0.39 is 18.1 Å². The maximum absolute atomic E-state index is 12.6. The van der Waals surface area contributed by atoms with Crippen LogP contribution in [0, 0.1) is 15.0 Å². The molecular weight excluding hydrogens is 333 g/mol. The van der Waals surface area contributed by atoms with Crippen molar-refractivity contribution in [2.45, 2.75) is 6.43 Å². The van der Waals surface area contributed by atoms with Gasteiger partial charge in [0.1, 0.15) is 15.5 Å². The van der Waals surface area contributed by atoms with Gasteiger partial charge in [-0.1, -0.05) is 0 Å². The van der Waals surface area contributed by atoms with E-state index in [-0.39, 0.29) is 14.8 Å². The third kappa shape index (κ3) is 2.44. The molecule has 1 aromatic heterocycles. The molecule has 16 heavy (non-hydrogen) atoms. The summed E-state index contributed by atoms with van der Waals surface area (Å²) in [6.45, 7) is 0. The summed E-state index contributed by atoms with van der Waals surface area (Å²) >= 11 is 1.65. The second-order valence-corrected chi connectivity index (χ2v) is 3.69. The fraction of sp³-hybridized carbons (Fsp3) is 0.222. The first-order valence-corrected chi connectivity index (χ1v) is 5.06. The molecule has 0 aromatic carbocycles. The predicted molar refractivity (Wildman–Crippen MR) is 58.0 cm³/mol. The molecular formula is C9H5F2IN2O2. The Kier molecular flexibility index (Phi) is 4.12. The zero-order chi connectivity index (χ0) is 12.3. The van der Waals surface area contributed by atoms with Crippen LogP contribution >= 0.6 is 22.6 Å². The monoisotopic (exact) mass is 338 g/mol. The lowest BCUT2D eigenvalue weighted by Gasteiger charge is -2.07. The number of carbonyl (C=O) groups is 1. The Morgan fingerprint density at radius 1 is 1.69 bits per heavy atom. The predicted octanol–water partition coefficient (Wildman–Crippen LogP) is 2.28. The molecule has 0 radical (unpaired) electrons. The number of methoxy groups -OCH3 is 1. The quantitative estimate of drug-likeness (QED) is 0.472. The van der Waals surface area contributed by atoms with Crippen molar-refractivity contribution >= 4 is 28.6 Å². The summed E-state index contributed by atoms with van der Waals surface area (Å²) in [6.07, 6.45) is -2.89. The highest BCUT2D eigenvalue weighted by Crippen LogP contribution is 2.24. The van der Waals surface area contributed by atoms with Crippen LogP contribution in [0.4, 0.5) is 8.78 Å². The number of rotatable bonds is 2. The largest absolute Gasteiger partial charge is 0.465 e. The summed E-state index contributed by atoms with van der Waals surface area (Å²) in [6, 6.07) is 2.82. The van der Waals surface area contributed by atoms with E-state index in [9.17, 15) is 13.6 Å². The smallest absolute Gasteiger partial charge is 0.339 e. The van der Waals surface area contributed by atoms with Crippen molar-refractivity contribution in [3.8, 4) is 6.07 Å². The Labute approximate surface area is 103 Å². The van der Waals surface area contributed by atoms with Crippen molar-refractivity contribution in [2.75, 3.05) is 7.11 Å². The maximum atomic E-state index is 12.6.